The molecule has 3 heterocycles. The van der Waals surface area contributed by atoms with Gasteiger partial charge in [0.1, 0.15) is 0 Å². The van der Waals surface area contributed by atoms with Gasteiger partial charge in [0.2, 0.25) is 0 Å². The van der Waals surface area contributed by atoms with E-state index in [4.69, 9.17) is 0 Å². The Morgan fingerprint density at radius 1 is 1.53 bits per heavy atom. The van der Waals surface area contributed by atoms with Crippen LogP contribution in [-0.4, -0.2) is 54.1 Å². The average molecular weight is 252 g/mol. The molecule has 2 N–H and O–H groups in total. The van der Waals surface area contributed by atoms with Crippen LogP contribution in [0.5, 0.6) is 0 Å². The van der Waals surface area contributed by atoms with Crippen molar-refractivity contribution in [3.63, 3.8) is 0 Å². The molecule has 0 aliphatic carbocycles. The van der Waals surface area contributed by atoms with E-state index in [9.17, 15) is 4.79 Å². The van der Waals surface area contributed by atoms with E-state index in [0.29, 0.717) is 17.1 Å². The van der Waals surface area contributed by atoms with Crippen LogP contribution in [-0.2, 0) is 0 Å². The van der Waals surface area contributed by atoms with E-state index in [2.05, 4.69) is 15.6 Å². The zero-order chi connectivity index (χ0) is 11.7. The first-order valence-electron chi connectivity index (χ1n) is 5.98. The number of likely N-dealkylation sites (tertiary alicyclic amines) is 1. The molecule has 0 spiro atoms. The molecule has 17 heavy (non-hydrogen) atoms. The van der Waals surface area contributed by atoms with Gasteiger partial charge in [-0.25, -0.2) is 4.98 Å². The van der Waals surface area contributed by atoms with Crippen molar-refractivity contribution < 1.29 is 4.79 Å². The molecule has 2 saturated heterocycles. The minimum atomic E-state index is 0.0797. The number of hydrogen-bond acceptors (Lipinski definition) is 5. The number of carbonyl (C=O) groups excluding carboxylic acids is 1. The second-order valence-electron chi connectivity index (χ2n) is 4.60. The summed E-state index contributed by atoms with van der Waals surface area (Å²) in [5.41, 5.74) is 0. The molecule has 1 amide bonds. The molecular formula is C11H16N4OS. The van der Waals surface area contributed by atoms with Crippen LogP contribution in [0.15, 0.2) is 11.6 Å². The molecule has 92 valence electrons. The molecular weight excluding hydrogens is 236 g/mol. The molecule has 1 aromatic heterocycles. The van der Waals surface area contributed by atoms with E-state index in [1.807, 2.05) is 10.3 Å². The highest BCUT2D eigenvalue weighted by Crippen LogP contribution is 2.15. The van der Waals surface area contributed by atoms with Crippen LogP contribution in [0.4, 0.5) is 0 Å². The van der Waals surface area contributed by atoms with Crippen LogP contribution in [0.25, 0.3) is 0 Å². The molecule has 3 rings (SSSR count). The van der Waals surface area contributed by atoms with Gasteiger partial charge in [0.15, 0.2) is 5.01 Å². The maximum Gasteiger partial charge on any atom is 0.282 e. The lowest BCUT2D eigenvalue weighted by Gasteiger charge is -2.31. The Morgan fingerprint density at radius 2 is 2.41 bits per heavy atom. The van der Waals surface area contributed by atoms with Crippen LogP contribution in [0.3, 0.4) is 0 Å². The van der Waals surface area contributed by atoms with Crippen LogP contribution in [0, 0.1) is 0 Å². The lowest BCUT2D eigenvalue weighted by Crippen LogP contribution is -2.58. The zero-order valence-corrected chi connectivity index (χ0v) is 10.4. The van der Waals surface area contributed by atoms with E-state index in [0.717, 1.165) is 32.6 Å². The molecule has 0 aromatic carbocycles. The quantitative estimate of drug-likeness (QED) is 0.790. The number of hydrogen-bond donors (Lipinski definition) is 2. The number of amides is 1. The van der Waals surface area contributed by atoms with Gasteiger partial charge in [0.05, 0.1) is 0 Å². The Balaban J connectivity index is 1.54. The molecule has 1 atom stereocenters. The third kappa shape index (κ3) is 2.34. The lowest BCUT2D eigenvalue weighted by molar-refractivity contribution is 0.0788. The van der Waals surface area contributed by atoms with E-state index >= 15 is 0 Å². The van der Waals surface area contributed by atoms with Crippen molar-refractivity contribution in [2.24, 2.45) is 0 Å². The van der Waals surface area contributed by atoms with Gasteiger partial charge in [-0.15, -0.1) is 11.3 Å². The van der Waals surface area contributed by atoms with Gasteiger partial charge in [-0.2, -0.15) is 0 Å². The summed E-state index contributed by atoms with van der Waals surface area (Å²) >= 11 is 1.42. The predicted molar refractivity (Wildman–Crippen MR) is 66.2 cm³/mol. The number of nitrogens with one attached hydrogen (secondary N) is 2. The predicted octanol–water partition coefficient (Wildman–Crippen LogP) is -0.0810. The first kappa shape index (κ1) is 11.1. The second-order valence-corrected chi connectivity index (χ2v) is 5.49. The second kappa shape index (κ2) is 4.72. The maximum atomic E-state index is 12.1. The minimum absolute atomic E-state index is 0.0797. The van der Waals surface area contributed by atoms with Crippen molar-refractivity contribution in [2.45, 2.75) is 18.5 Å². The molecule has 2 aliphatic rings. The van der Waals surface area contributed by atoms with Crippen LogP contribution in [0.2, 0.25) is 0 Å². The van der Waals surface area contributed by atoms with Crippen LogP contribution in [0.1, 0.15) is 16.2 Å². The Labute approximate surface area is 104 Å². The molecule has 2 fully saturated rings. The van der Waals surface area contributed by atoms with E-state index in [1.54, 1.807) is 6.20 Å². The Hall–Kier alpha value is -0.980. The summed E-state index contributed by atoms with van der Waals surface area (Å²) < 4.78 is 0. The number of aromatic nitrogens is 1. The number of carbonyl (C=O) groups is 1. The molecule has 0 bridgehead atoms. The highest BCUT2D eigenvalue weighted by atomic mass is 32.1. The third-order valence-electron chi connectivity index (χ3n) is 3.34. The van der Waals surface area contributed by atoms with Gasteiger partial charge in [0, 0.05) is 49.8 Å². The van der Waals surface area contributed by atoms with E-state index in [1.165, 1.54) is 11.3 Å². The summed E-state index contributed by atoms with van der Waals surface area (Å²) in [5.74, 6) is 0.0797. The summed E-state index contributed by atoms with van der Waals surface area (Å²) in [7, 11) is 0. The molecule has 0 radical (unpaired) electrons. The smallest absolute Gasteiger partial charge is 0.282 e. The highest BCUT2D eigenvalue weighted by molar-refractivity contribution is 7.11. The van der Waals surface area contributed by atoms with Gasteiger partial charge < -0.3 is 15.5 Å². The summed E-state index contributed by atoms with van der Waals surface area (Å²) in [6.45, 7) is 3.76. The molecule has 1 aromatic rings. The van der Waals surface area contributed by atoms with Crippen LogP contribution < -0.4 is 10.6 Å². The highest BCUT2D eigenvalue weighted by Gasteiger charge is 2.30. The zero-order valence-electron chi connectivity index (χ0n) is 9.56. The van der Waals surface area contributed by atoms with Crippen LogP contribution >= 0.6 is 11.3 Å². The van der Waals surface area contributed by atoms with Crippen molar-refractivity contribution in [2.75, 3.05) is 26.2 Å². The molecule has 5 nitrogen and oxygen atoms in total. The molecule has 0 saturated carbocycles. The molecule has 2 aliphatic heterocycles. The van der Waals surface area contributed by atoms with Crippen molar-refractivity contribution >= 4 is 17.2 Å². The minimum Gasteiger partial charge on any atom is -0.335 e. The Morgan fingerprint density at radius 3 is 3.06 bits per heavy atom. The number of nitrogens with zero attached hydrogens (tertiary/aromatic N) is 2. The normalized spacial score (nSPS) is 24.9. The largest absolute Gasteiger partial charge is 0.335 e. The lowest BCUT2D eigenvalue weighted by atomic mass is 10.1. The van der Waals surface area contributed by atoms with E-state index in [-0.39, 0.29) is 5.91 Å². The maximum absolute atomic E-state index is 12.1. The average Bonchev–Trinajstić information content (AvgIpc) is 2.94. The molecule has 6 heteroatoms. The summed E-state index contributed by atoms with van der Waals surface area (Å²) in [6.07, 6.45) is 2.73. The van der Waals surface area contributed by atoms with E-state index < -0.39 is 0 Å². The van der Waals surface area contributed by atoms with Crippen molar-refractivity contribution in [3.8, 4) is 0 Å². The van der Waals surface area contributed by atoms with Crippen molar-refractivity contribution in [3.05, 3.63) is 16.6 Å². The van der Waals surface area contributed by atoms with Gasteiger partial charge >= 0.3 is 0 Å². The first-order valence-corrected chi connectivity index (χ1v) is 6.86. The standard InChI is InChI=1S/C11H16N4OS/c16-11(10-13-2-4-17-10)15-3-1-8(7-15)14-9-5-12-6-9/h2,4,8-9,12,14H,1,3,5-7H2. The van der Waals surface area contributed by atoms with Crippen molar-refractivity contribution in [1.29, 1.82) is 0 Å². The topological polar surface area (TPSA) is 57.3 Å². The third-order valence-corrected chi connectivity index (χ3v) is 4.10. The summed E-state index contributed by atoms with van der Waals surface area (Å²) in [4.78, 5) is 18.0. The van der Waals surface area contributed by atoms with Gasteiger partial charge in [-0.3, -0.25) is 4.79 Å². The number of thiazole rings is 1. The fourth-order valence-electron chi connectivity index (χ4n) is 2.28. The van der Waals surface area contributed by atoms with Gasteiger partial charge in [-0.05, 0) is 6.42 Å². The molecule has 1 unspecified atom stereocenters. The SMILES string of the molecule is O=C(c1nccs1)N1CCC(NC2CNC2)C1. The Kier molecular flexibility index (Phi) is 3.09. The summed E-state index contributed by atoms with van der Waals surface area (Å²) in [6, 6.07) is 1.04. The summed E-state index contributed by atoms with van der Waals surface area (Å²) in [5, 5.41) is 9.27. The fraction of sp³-hybridized carbons (Fsp3) is 0.636. The van der Waals surface area contributed by atoms with Crippen molar-refractivity contribution in [1.82, 2.24) is 20.5 Å². The monoisotopic (exact) mass is 252 g/mol. The Bertz CT molecular complexity index is 390. The van der Waals surface area contributed by atoms with Gasteiger partial charge in [-0.1, -0.05) is 0 Å². The fourth-order valence-corrected chi connectivity index (χ4v) is 2.89. The number of rotatable bonds is 3. The van der Waals surface area contributed by atoms with Gasteiger partial charge in [0.25, 0.3) is 5.91 Å². The first-order chi connectivity index (χ1) is 8.33.